The summed E-state index contributed by atoms with van der Waals surface area (Å²) < 4.78 is 87.1. The number of anilines is 1. The third-order valence-corrected chi connectivity index (χ3v) is 9.35. The van der Waals surface area contributed by atoms with E-state index >= 15 is 0 Å². The summed E-state index contributed by atoms with van der Waals surface area (Å²) in [5.41, 5.74) is -0.562. The van der Waals surface area contributed by atoms with E-state index in [2.05, 4.69) is 11.1 Å². The first-order chi connectivity index (χ1) is 22.5. The molecule has 3 aromatic rings. The topological polar surface area (TPSA) is 124 Å². The van der Waals surface area contributed by atoms with Crippen LogP contribution in [0.5, 0.6) is 5.75 Å². The fraction of sp³-hybridized carbons (Fsp3) is 0.333. The monoisotopic (exact) mass is 706 g/mol. The van der Waals surface area contributed by atoms with Crippen LogP contribution in [-0.4, -0.2) is 43.5 Å². The zero-order chi connectivity index (χ0) is 35.1. The molecule has 2 aliphatic carbocycles. The van der Waals surface area contributed by atoms with Gasteiger partial charge in [0.2, 0.25) is 0 Å². The lowest BCUT2D eigenvalue weighted by molar-refractivity contribution is -0.137. The Morgan fingerprint density at radius 2 is 1.73 bits per heavy atom. The molecule has 1 atom stereocenters. The van der Waals surface area contributed by atoms with Gasteiger partial charge in [-0.2, -0.15) is 13.2 Å². The molecule has 3 aliphatic rings. The maximum absolute atomic E-state index is 14.4. The molecule has 1 unspecified atom stereocenters. The fourth-order valence-electron chi connectivity index (χ4n) is 5.36. The van der Waals surface area contributed by atoms with Gasteiger partial charge >= 0.3 is 6.18 Å². The number of carbonyl (C=O) groups is 3. The third-order valence-electron chi connectivity index (χ3n) is 7.92. The second kappa shape index (κ2) is 13.2. The van der Waals surface area contributed by atoms with Gasteiger partial charge in [-0.05, 0) is 69.7 Å². The lowest BCUT2D eigenvalue weighted by atomic mass is 9.93. The molecular weight excluding hydrogens is 680 g/mol. The van der Waals surface area contributed by atoms with Crippen molar-refractivity contribution in [3.8, 4) is 18.1 Å². The highest BCUT2D eigenvalue weighted by Crippen LogP contribution is 2.43. The number of terminal acetylenes is 1. The lowest BCUT2D eigenvalue weighted by Gasteiger charge is -2.19. The number of imide groups is 1. The van der Waals surface area contributed by atoms with Crippen LogP contribution in [0.25, 0.3) is 0 Å². The molecule has 15 heteroatoms. The number of carbonyl (C=O) groups excluding carboxylic acids is 3. The SMILES string of the molecule is C#CC(C)Oc1cc(N2C(=O)C3=C(CCCC3)C2=O)c(F)cc1Cl.CS(=O)(=O)c1cc(C(F)(F)F)ccc1C(=O)c1cnoc1C1CC1. The molecule has 1 saturated carbocycles. The lowest BCUT2D eigenvalue weighted by Crippen LogP contribution is -2.32. The van der Waals surface area contributed by atoms with Crippen molar-refractivity contribution in [3.05, 3.63) is 81.0 Å². The minimum Gasteiger partial charge on any atom is -0.476 e. The number of nitrogens with zero attached hydrogens (tertiary/aromatic N) is 2. The molecule has 252 valence electrons. The molecule has 1 fully saturated rings. The van der Waals surface area contributed by atoms with Crippen LogP contribution in [0.1, 0.15) is 78.6 Å². The number of hydrogen-bond acceptors (Lipinski definition) is 8. The van der Waals surface area contributed by atoms with Gasteiger partial charge in [0.1, 0.15) is 11.6 Å². The second-order valence-corrected chi connectivity index (χ2v) is 13.9. The predicted molar refractivity (Wildman–Crippen MR) is 165 cm³/mol. The van der Waals surface area contributed by atoms with Gasteiger partial charge < -0.3 is 9.26 Å². The summed E-state index contributed by atoms with van der Waals surface area (Å²) in [6.07, 6.45) is 6.33. The summed E-state index contributed by atoms with van der Waals surface area (Å²) in [7, 11) is -4.04. The smallest absolute Gasteiger partial charge is 0.416 e. The van der Waals surface area contributed by atoms with Crippen molar-refractivity contribution >= 4 is 44.7 Å². The number of amides is 2. The maximum Gasteiger partial charge on any atom is 0.416 e. The van der Waals surface area contributed by atoms with Gasteiger partial charge in [-0.25, -0.2) is 17.7 Å². The minimum absolute atomic E-state index is 0.0233. The third kappa shape index (κ3) is 7.02. The van der Waals surface area contributed by atoms with Crippen LogP contribution in [0.15, 0.2) is 57.1 Å². The molecule has 1 aliphatic heterocycles. The first-order valence-electron chi connectivity index (χ1n) is 14.7. The highest BCUT2D eigenvalue weighted by molar-refractivity contribution is 7.90. The summed E-state index contributed by atoms with van der Waals surface area (Å²) in [6.45, 7) is 1.63. The van der Waals surface area contributed by atoms with E-state index in [0.29, 0.717) is 41.9 Å². The standard InChI is InChI=1S/C18H15ClFNO3.C15H12F3NO4S/c1-3-10(2)24-16-9-15(14(20)8-13(16)19)21-17(22)11-6-4-5-7-12(11)18(21)23;1-24(21,22)12-6-9(15(16,17)18)4-5-10(12)13(20)11-7-19-23-14(11)8-2-3-8/h1,8-10H,4-7H2,2H3;4-8H,2-3H2,1H3. The molecule has 0 radical (unpaired) electrons. The average Bonchev–Trinajstić information content (AvgIpc) is 3.70. The van der Waals surface area contributed by atoms with Crippen LogP contribution in [0, 0.1) is 18.2 Å². The number of benzene rings is 2. The molecular formula is C33H27ClF4N2O7S. The molecule has 9 nitrogen and oxygen atoms in total. The molecule has 48 heavy (non-hydrogen) atoms. The number of ether oxygens (including phenoxy) is 1. The minimum atomic E-state index is -4.71. The summed E-state index contributed by atoms with van der Waals surface area (Å²) in [5, 5.41) is 3.58. The average molecular weight is 707 g/mol. The van der Waals surface area contributed by atoms with Crippen LogP contribution in [0.4, 0.5) is 23.2 Å². The van der Waals surface area contributed by atoms with Crippen LogP contribution < -0.4 is 9.64 Å². The molecule has 2 amide bonds. The van der Waals surface area contributed by atoms with Crippen molar-refractivity contribution in [2.45, 2.75) is 68.5 Å². The van der Waals surface area contributed by atoms with Gasteiger partial charge in [0.25, 0.3) is 11.8 Å². The Balaban J connectivity index is 0.000000188. The molecule has 2 aromatic carbocycles. The van der Waals surface area contributed by atoms with Gasteiger partial charge in [0.15, 0.2) is 27.5 Å². The van der Waals surface area contributed by atoms with Gasteiger partial charge in [0.05, 0.1) is 32.9 Å². The molecule has 2 heterocycles. The molecule has 0 N–H and O–H groups in total. The van der Waals surface area contributed by atoms with Crippen molar-refractivity contribution in [1.29, 1.82) is 0 Å². The van der Waals surface area contributed by atoms with Gasteiger partial charge in [0, 0.05) is 34.9 Å². The molecule has 0 bridgehead atoms. The van der Waals surface area contributed by atoms with Gasteiger partial charge in [-0.3, -0.25) is 14.4 Å². The Labute approximate surface area is 277 Å². The van der Waals surface area contributed by atoms with E-state index in [4.69, 9.17) is 27.3 Å². The number of hydrogen-bond donors (Lipinski definition) is 0. The molecule has 6 rings (SSSR count). The highest BCUT2D eigenvalue weighted by Gasteiger charge is 2.41. The van der Waals surface area contributed by atoms with Crippen molar-refractivity contribution in [2.75, 3.05) is 11.2 Å². The molecule has 0 saturated heterocycles. The Bertz CT molecular complexity index is 1980. The maximum atomic E-state index is 14.4. The van der Waals surface area contributed by atoms with E-state index in [1.807, 2.05) is 0 Å². The Hall–Kier alpha value is -4.48. The number of rotatable bonds is 7. The van der Waals surface area contributed by atoms with Crippen molar-refractivity contribution < 1.29 is 49.6 Å². The molecule has 1 aromatic heterocycles. The van der Waals surface area contributed by atoms with Crippen LogP contribution in [0.2, 0.25) is 5.02 Å². The zero-order valence-electron chi connectivity index (χ0n) is 25.5. The summed E-state index contributed by atoms with van der Waals surface area (Å²) in [5.74, 6) is 0.483. The van der Waals surface area contributed by atoms with Gasteiger partial charge in [-0.1, -0.05) is 22.7 Å². The Morgan fingerprint density at radius 3 is 2.27 bits per heavy atom. The highest BCUT2D eigenvalue weighted by atomic mass is 35.5. The number of ketones is 1. The van der Waals surface area contributed by atoms with E-state index < -0.39 is 56.0 Å². The van der Waals surface area contributed by atoms with E-state index in [0.717, 1.165) is 49.0 Å². The fourth-order valence-corrected chi connectivity index (χ4v) is 6.46. The Morgan fingerprint density at radius 1 is 1.10 bits per heavy atom. The van der Waals surface area contributed by atoms with E-state index in [1.54, 1.807) is 6.92 Å². The first-order valence-corrected chi connectivity index (χ1v) is 16.9. The number of alkyl halides is 3. The van der Waals surface area contributed by atoms with Crippen molar-refractivity contribution in [2.24, 2.45) is 0 Å². The normalized spacial score (nSPS) is 17.0. The number of halogens is 5. The summed E-state index contributed by atoms with van der Waals surface area (Å²) in [6, 6.07) is 4.32. The van der Waals surface area contributed by atoms with E-state index in [-0.39, 0.29) is 33.5 Å². The van der Waals surface area contributed by atoms with Gasteiger partial charge in [-0.15, -0.1) is 6.42 Å². The zero-order valence-corrected chi connectivity index (χ0v) is 27.1. The van der Waals surface area contributed by atoms with E-state index in [1.165, 1.54) is 12.3 Å². The van der Waals surface area contributed by atoms with Crippen LogP contribution in [-0.2, 0) is 25.6 Å². The van der Waals surface area contributed by atoms with Crippen molar-refractivity contribution in [1.82, 2.24) is 5.16 Å². The number of aromatic nitrogens is 1. The van der Waals surface area contributed by atoms with E-state index in [9.17, 15) is 40.4 Å². The van der Waals surface area contributed by atoms with Crippen LogP contribution >= 0.6 is 11.6 Å². The molecule has 0 spiro atoms. The second-order valence-electron chi connectivity index (χ2n) is 11.5. The Kier molecular flexibility index (Phi) is 9.58. The summed E-state index contributed by atoms with van der Waals surface area (Å²) >= 11 is 5.97. The quantitative estimate of drug-likeness (QED) is 0.113. The first kappa shape index (κ1) is 34.8. The summed E-state index contributed by atoms with van der Waals surface area (Å²) in [4.78, 5) is 38.0. The predicted octanol–water partition coefficient (Wildman–Crippen LogP) is 6.83. The largest absolute Gasteiger partial charge is 0.476 e. The van der Waals surface area contributed by atoms with Crippen LogP contribution in [0.3, 0.4) is 0 Å². The number of sulfone groups is 1. The van der Waals surface area contributed by atoms with Crippen molar-refractivity contribution in [3.63, 3.8) is 0 Å².